The number of benzene rings is 2. The van der Waals surface area contributed by atoms with Crippen LogP contribution < -0.4 is 4.74 Å². The normalized spacial score (nSPS) is 10.5. The van der Waals surface area contributed by atoms with Crippen LogP contribution >= 0.6 is 0 Å². The van der Waals surface area contributed by atoms with E-state index in [0.29, 0.717) is 11.3 Å². The number of rotatable bonds is 4. The highest BCUT2D eigenvalue weighted by atomic mass is 16.5. The lowest BCUT2D eigenvalue weighted by atomic mass is 10.00. The zero-order valence-electron chi connectivity index (χ0n) is 14.1. The number of nitriles is 1. The predicted molar refractivity (Wildman–Crippen MR) is 98.5 cm³/mol. The summed E-state index contributed by atoms with van der Waals surface area (Å²) in [6, 6.07) is 21.1. The Balaban J connectivity index is 1.77. The van der Waals surface area contributed by atoms with Crippen LogP contribution in [0.1, 0.15) is 5.56 Å². The largest absolute Gasteiger partial charge is 0.497 e. The van der Waals surface area contributed by atoms with Gasteiger partial charge in [-0.1, -0.05) is 12.1 Å². The summed E-state index contributed by atoms with van der Waals surface area (Å²) in [5.41, 5.74) is 4.37. The van der Waals surface area contributed by atoms with Crippen LogP contribution in [-0.4, -0.2) is 7.11 Å². The molecule has 0 N–H and O–H groups in total. The van der Waals surface area contributed by atoms with E-state index in [4.69, 9.17) is 18.8 Å². The van der Waals surface area contributed by atoms with Gasteiger partial charge in [0, 0.05) is 11.1 Å². The third-order valence-electron chi connectivity index (χ3n) is 4.25. The molecule has 4 heteroatoms. The zero-order valence-corrected chi connectivity index (χ0v) is 14.1. The molecule has 0 unspecified atom stereocenters. The lowest BCUT2D eigenvalue weighted by Gasteiger charge is -2.06. The van der Waals surface area contributed by atoms with Crippen LogP contribution in [0.2, 0.25) is 0 Å². The fraction of sp³-hybridized carbons (Fsp3) is 0.0455. The first-order chi connectivity index (χ1) is 12.8. The minimum absolute atomic E-state index is 0.610. The lowest BCUT2D eigenvalue weighted by Crippen LogP contribution is -1.84. The molecule has 26 heavy (non-hydrogen) atoms. The Morgan fingerprint density at radius 1 is 0.731 bits per heavy atom. The Morgan fingerprint density at radius 3 is 2.00 bits per heavy atom. The van der Waals surface area contributed by atoms with Crippen molar-refractivity contribution in [1.82, 2.24) is 0 Å². The van der Waals surface area contributed by atoms with Crippen molar-refractivity contribution in [2.75, 3.05) is 7.11 Å². The molecule has 126 valence electrons. The molecule has 4 nitrogen and oxygen atoms in total. The van der Waals surface area contributed by atoms with Crippen molar-refractivity contribution in [3.05, 3.63) is 78.8 Å². The highest BCUT2D eigenvalue weighted by molar-refractivity contribution is 5.86. The Bertz CT molecular complexity index is 1060. The Morgan fingerprint density at radius 2 is 1.35 bits per heavy atom. The van der Waals surface area contributed by atoms with E-state index in [1.165, 1.54) is 0 Å². The van der Waals surface area contributed by atoms with Crippen LogP contribution in [0.4, 0.5) is 0 Å². The van der Waals surface area contributed by atoms with E-state index >= 15 is 0 Å². The summed E-state index contributed by atoms with van der Waals surface area (Å²) in [5, 5.41) is 8.97. The number of hydrogen-bond acceptors (Lipinski definition) is 4. The minimum atomic E-state index is 0.610. The van der Waals surface area contributed by atoms with Gasteiger partial charge in [-0.2, -0.15) is 5.26 Å². The molecule has 0 aliphatic rings. The molecule has 2 heterocycles. The Labute approximate surface area is 150 Å². The molecule has 4 aromatic rings. The summed E-state index contributed by atoms with van der Waals surface area (Å²) in [7, 11) is 1.65. The number of hydrogen-bond donors (Lipinski definition) is 0. The van der Waals surface area contributed by atoms with E-state index in [2.05, 4.69) is 6.07 Å². The second-order valence-electron chi connectivity index (χ2n) is 5.74. The first-order valence-electron chi connectivity index (χ1n) is 8.10. The maximum Gasteiger partial charge on any atom is 0.145 e. The standard InChI is InChI=1S/C22H15NO3/c1-24-18-8-6-16(7-9-18)19-10-12-26-22(19)20-11-13-25-21(20)17-4-2-15(14-23)3-5-17/h2-13H,1H3. The van der Waals surface area contributed by atoms with Crippen LogP contribution in [0.15, 0.2) is 82.0 Å². The molecule has 0 radical (unpaired) electrons. The van der Waals surface area contributed by atoms with Gasteiger partial charge in [0.15, 0.2) is 0 Å². The van der Waals surface area contributed by atoms with Gasteiger partial charge in [-0.15, -0.1) is 0 Å². The SMILES string of the molecule is COc1ccc(-c2ccoc2-c2ccoc2-c2ccc(C#N)cc2)cc1. The predicted octanol–water partition coefficient (Wildman–Crippen LogP) is 5.75. The molecular formula is C22H15NO3. The highest BCUT2D eigenvalue weighted by Crippen LogP contribution is 2.39. The first-order valence-corrected chi connectivity index (χ1v) is 8.10. The van der Waals surface area contributed by atoms with Gasteiger partial charge in [0.2, 0.25) is 0 Å². The molecule has 0 aliphatic carbocycles. The summed E-state index contributed by atoms with van der Waals surface area (Å²) in [5.74, 6) is 2.25. The second-order valence-corrected chi connectivity index (χ2v) is 5.74. The number of nitrogens with zero attached hydrogens (tertiary/aromatic N) is 1. The molecule has 0 saturated heterocycles. The number of furan rings is 2. The summed E-state index contributed by atoms with van der Waals surface area (Å²) in [6.07, 6.45) is 3.31. The van der Waals surface area contributed by atoms with Crippen LogP contribution in [0.5, 0.6) is 5.75 Å². The van der Waals surface area contributed by atoms with Gasteiger partial charge in [-0.05, 0) is 54.1 Å². The molecule has 0 atom stereocenters. The van der Waals surface area contributed by atoms with Gasteiger partial charge in [0.1, 0.15) is 17.3 Å². The fourth-order valence-electron chi connectivity index (χ4n) is 2.92. The van der Waals surface area contributed by atoms with E-state index < -0.39 is 0 Å². The average molecular weight is 341 g/mol. The third-order valence-corrected chi connectivity index (χ3v) is 4.25. The number of ether oxygens (including phenoxy) is 1. The van der Waals surface area contributed by atoms with Crippen molar-refractivity contribution in [1.29, 1.82) is 5.26 Å². The van der Waals surface area contributed by atoms with Gasteiger partial charge in [0.05, 0.1) is 36.8 Å². The molecule has 0 amide bonds. The van der Waals surface area contributed by atoms with Crippen molar-refractivity contribution in [2.45, 2.75) is 0 Å². The van der Waals surface area contributed by atoms with Gasteiger partial charge in [-0.3, -0.25) is 0 Å². The fourth-order valence-corrected chi connectivity index (χ4v) is 2.92. The maximum atomic E-state index is 8.97. The monoisotopic (exact) mass is 341 g/mol. The molecule has 0 saturated carbocycles. The smallest absolute Gasteiger partial charge is 0.145 e. The van der Waals surface area contributed by atoms with Gasteiger partial charge in [0.25, 0.3) is 0 Å². The summed E-state index contributed by atoms with van der Waals surface area (Å²) in [4.78, 5) is 0. The van der Waals surface area contributed by atoms with Crippen molar-refractivity contribution in [3.63, 3.8) is 0 Å². The quantitative estimate of drug-likeness (QED) is 0.474. The van der Waals surface area contributed by atoms with E-state index in [0.717, 1.165) is 33.8 Å². The molecule has 2 aromatic heterocycles. The Kier molecular flexibility index (Phi) is 4.04. The highest BCUT2D eigenvalue weighted by Gasteiger charge is 2.18. The summed E-state index contributed by atoms with van der Waals surface area (Å²) < 4.78 is 16.7. The Hall–Kier alpha value is -3.71. The van der Waals surface area contributed by atoms with Crippen LogP contribution in [0, 0.1) is 11.3 Å². The van der Waals surface area contributed by atoms with Crippen LogP contribution in [0.3, 0.4) is 0 Å². The van der Waals surface area contributed by atoms with E-state index in [1.54, 1.807) is 31.8 Å². The molecule has 2 aromatic carbocycles. The van der Waals surface area contributed by atoms with Crippen molar-refractivity contribution < 1.29 is 13.6 Å². The van der Waals surface area contributed by atoms with Crippen molar-refractivity contribution in [2.24, 2.45) is 0 Å². The van der Waals surface area contributed by atoms with Gasteiger partial charge in [-0.25, -0.2) is 0 Å². The molecule has 0 bridgehead atoms. The van der Waals surface area contributed by atoms with Crippen LogP contribution in [0.25, 0.3) is 33.8 Å². The second kappa shape index (κ2) is 6.66. The van der Waals surface area contributed by atoms with E-state index in [1.807, 2.05) is 48.5 Å². The average Bonchev–Trinajstić information content (AvgIpc) is 3.37. The van der Waals surface area contributed by atoms with E-state index in [9.17, 15) is 0 Å². The molecule has 4 rings (SSSR count). The molecule has 0 fully saturated rings. The molecule has 0 spiro atoms. The summed E-state index contributed by atoms with van der Waals surface area (Å²) >= 11 is 0. The zero-order chi connectivity index (χ0) is 17.9. The van der Waals surface area contributed by atoms with Crippen LogP contribution in [-0.2, 0) is 0 Å². The lowest BCUT2D eigenvalue weighted by molar-refractivity contribution is 0.415. The topological polar surface area (TPSA) is 59.3 Å². The molecule has 0 aliphatic heterocycles. The van der Waals surface area contributed by atoms with Gasteiger partial charge < -0.3 is 13.6 Å². The first kappa shape index (κ1) is 15.8. The molecular weight excluding hydrogens is 326 g/mol. The van der Waals surface area contributed by atoms with Crippen molar-refractivity contribution in [3.8, 4) is 45.6 Å². The minimum Gasteiger partial charge on any atom is -0.497 e. The maximum absolute atomic E-state index is 8.97. The summed E-state index contributed by atoms with van der Waals surface area (Å²) in [6.45, 7) is 0. The van der Waals surface area contributed by atoms with E-state index in [-0.39, 0.29) is 0 Å². The third kappa shape index (κ3) is 2.76. The van der Waals surface area contributed by atoms with Gasteiger partial charge >= 0.3 is 0 Å². The number of methoxy groups -OCH3 is 1. The van der Waals surface area contributed by atoms with Crippen molar-refractivity contribution >= 4 is 0 Å².